The summed E-state index contributed by atoms with van der Waals surface area (Å²) in [6, 6.07) is 8.14. The number of ketones is 1. The Labute approximate surface area is 113 Å². The number of Topliss-reactive ketones (excluding diaryl/α,β-unsaturated/α-hetero) is 1. The summed E-state index contributed by atoms with van der Waals surface area (Å²) in [6.45, 7) is 4.30. The highest BCUT2D eigenvalue weighted by Gasteiger charge is 2.19. The van der Waals surface area contributed by atoms with Gasteiger partial charge in [0.2, 0.25) is 0 Å². The number of hydrogen-bond acceptors (Lipinski definition) is 2. The largest absolute Gasteiger partial charge is 0.294 e. The second-order valence-corrected chi connectivity index (χ2v) is 5.67. The van der Waals surface area contributed by atoms with Crippen molar-refractivity contribution in [1.82, 2.24) is 0 Å². The quantitative estimate of drug-likeness (QED) is 0.644. The molecular weight excluding hydrogens is 240 g/mol. The van der Waals surface area contributed by atoms with E-state index in [0.29, 0.717) is 5.78 Å². The molecule has 0 bridgehead atoms. The fourth-order valence-electron chi connectivity index (χ4n) is 2.38. The van der Waals surface area contributed by atoms with Crippen LogP contribution in [0.2, 0.25) is 0 Å². The van der Waals surface area contributed by atoms with Crippen molar-refractivity contribution < 1.29 is 4.79 Å². The Morgan fingerprint density at radius 2 is 2.11 bits per heavy atom. The van der Waals surface area contributed by atoms with Crippen LogP contribution in [0.3, 0.4) is 0 Å². The minimum Gasteiger partial charge on any atom is -0.294 e. The molecule has 96 valence electrons. The normalized spacial score (nSPS) is 12.8. The Balaban J connectivity index is 2.29. The van der Waals surface area contributed by atoms with Crippen LogP contribution in [0.15, 0.2) is 29.6 Å². The highest BCUT2D eigenvalue weighted by atomic mass is 32.1. The lowest BCUT2D eigenvalue weighted by atomic mass is 9.90. The number of fused-ring (bicyclic) bond motifs is 1. The van der Waals surface area contributed by atoms with Gasteiger partial charge in [0.15, 0.2) is 5.78 Å². The predicted molar refractivity (Wildman–Crippen MR) is 79.5 cm³/mol. The zero-order valence-corrected chi connectivity index (χ0v) is 11.9. The molecule has 0 amide bonds. The smallest absolute Gasteiger partial charge is 0.167 e. The lowest BCUT2D eigenvalue weighted by Crippen LogP contribution is -2.14. The van der Waals surface area contributed by atoms with Crippen LogP contribution < -0.4 is 0 Å². The average molecular weight is 260 g/mol. The first-order valence-electron chi connectivity index (χ1n) is 6.78. The summed E-state index contributed by atoms with van der Waals surface area (Å²) < 4.78 is 1.15. The Hall–Kier alpha value is -1.15. The molecule has 0 saturated heterocycles. The van der Waals surface area contributed by atoms with Gasteiger partial charge in [0.1, 0.15) is 0 Å². The van der Waals surface area contributed by atoms with E-state index in [1.807, 2.05) is 12.1 Å². The van der Waals surface area contributed by atoms with Crippen molar-refractivity contribution in [3.63, 3.8) is 0 Å². The molecular formula is C16H20OS. The molecule has 0 fully saturated rings. The molecule has 0 aliphatic rings. The third-order valence-corrected chi connectivity index (χ3v) is 4.48. The molecule has 0 aliphatic carbocycles. The van der Waals surface area contributed by atoms with Gasteiger partial charge in [-0.1, -0.05) is 38.8 Å². The van der Waals surface area contributed by atoms with Crippen LogP contribution in [0.1, 0.15) is 49.9 Å². The second-order valence-electron chi connectivity index (χ2n) is 4.76. The number of unbranched alkanes of at least 4 members (excludes halogenated alkanes) is 1. The SMILES string of the molecule is CCCCC(CC)C(=O)c1cccc2ccsc12. The third-order valence-electron chi connectivity index (χ3n) is 3.51. The van der Waals surface area contributed by atoms with E-state index in [-0.39, 0.29) is 5.92 Å². The first-order valence-corrected chi connectivity index (χ1v) is 7.66. The van der Waals surface area contributed by atoms with Crippen molar-refractivity contribution in [2.75, 3.05) is 0 Å². The van der Waals surface area contributed by atoms with Crippen molar-refractivity contribution in [1.29, 1.82) is 0 Å². The monoisotopic (exact) mass is 260 g/mol. The van der Waals surface area contributed by atoms with Gasteiger partial charge >= 0.3 is 0 Å². The zero-order chi connectivity index (χ0) is 13.0. The van der Waals surface area contributed by atoms with Crippen LogP contribution in [0.25, 0.3) is 10.1 Å². The number of hydrogen-bond donors (Lipinski definition) is 0. The third kappa shape index (κ3) is 2.64. The molecule has 18 heavy (non-hydrogen) atoms. The van der Waals surface area contributed by atoms with Crippen molar-refractivity contribution in [2.24, 2.45) is 5.92 Å². The number of benzene rings is 1. The fraction of sp³-hybridized carbons (Fsp3) is 0.438. The zero-order valence-electron chi connectivity index (χ0n) is 11.1. The Morgan fingerprint density at radius 3 is 2.83 bits per heavy atom. The molecule has 1 heterocycles. The molecule has 0 spiro atoms. The fourth-order valence-corrected chi connectivity index (χ4v) is 3.30. The van der Waals surface area contributed by atoms with Crippen LogP contribution >= 0.6 is 11.3 Å². The van der Waals surface area contributed by atoms with Gasteiger partial charge in [-0.05, 0) is 35.7 Å². The van der Waals surface area contributed by atoms with E-state index in [1.54, 1.807) is 11.3 Å². The molecule has 0 radical (unpaired) electrons. The van der Waals surface area contributed by atoms with Crippen molar-refractivity contribution >= 4 is 27.2 Å². The van der Waals surface area contributed by atoms with Crippen LogP contribution in [-0.4, -0.2) is 5.78 Å². The van der Waals surface area contributed by atoms with Gasteiger partial charge in [0.05, 0.1) is 0 Å². The molecule has 2 heteroatoms. The summed E-state index contributed by atoms with van der Waals surface area (Å²) in [5.74, 6) is 0.525. The van der Waals surface area contributed by atoms with Gasteiger partial charge in [-0.3, -0.25) is 4.79 Å². The number of rotatable bonds is 6. The van der Waals surface area contributed by atoms with E-state index in [1.165, 1.54) is 5.39 Å². The van der Waals surface area contributed by atoms with Crippen LogP contribution in [0.4, 0.5) is 0 Å². The number of thiophene rings is 1. The highest BCUT2D eigenvalue weighted by molar-refractivity contribution is 7.17. The molecule has 1 unspecified atom stereocenters. The summed E-state index contributed by atoms with van der Waals surface area (Å²) >= 11 is 1.67. The molecule has 1 aromatic heterocycles. The van der Waals surface area contributed by atoms with Crippen molar-refractivity contribution in [2.45, 2.75) is 39.5 Å². The second kappa shape index (κ2) is 6.14. The molecule has 0 saturated carbocycles. The summed E-state index contributed by atoms with van der Waals surface area (Å²) in [5.41, 5.74) is 0.922. The Morgan fingerprint density at radius 1 is 1.28 bits per heavy atom. The maximum absolute atomic E-state index is 12.6. The van der Waals surface area contributed by atoms with Gasteiger partial charge in [0.25, 0.3) is 0 Å². The maximum atomic E-state index is 12.6. The summed E-state index contributed by atoms with van der Waals surface area (Å²) in [5, 5.41) is 3.25. The lowest BCUT2D eigenvalue weighted by Gasteiger charge is -2.13. The standard InChI is InChI=1S/C16H20OS/c1-3-5-7-12(4-2)15(17)14-9-6-8-13-10-11-18-16(13)14/h6,8-12H,3-5,7H2,1-2H3. The van der Waals surface area contributed by atoms with E-state index in [0.717, 1.165) is 35.9 Å². The molecule has 0 N–H and O–H groups in total. The van der Waals surface area contributed by atoms with Gasteiger partial charge < -0.3 is 0 Å². The van der Waals surface area contributed by atoms with Crippen molar-refractivity contribution in [3.8, 4) is 0 Å². The summed E-state index contributed by atoms with van der Waals surface area (Å²) in [4.78, 5) is 12.6. The lowest BCUT2D eigenvalue weighted by molar-refractivity contribution is 0.0910. The minimum absolute atomic E-state index is 0.192. The highest BCUT2D eigenvalue weighted by Crippen LogP contribution is 2.28. The van der Waals surface area contributed by atoms with E-state index in [4.69, 9.17) is 0 Å². The Bertz CT molecular complexity index is 527. The van der Waals surface area contributed by atoms with E-state index in [9.17, 15) is 4.79 Å². The van der Waals surface area contributed by atoms with Crippen LogP contribution in [0.5, 0.6) is 0 Å². The van der Waals surface area contributed by atoms with Gasteiger partial charge in [0, 0.05) is 16.2 Å². The summed E-state index contributed by atoms with van der Waals surface area (Å²) in [6.07, 6.45) is 4.27. The topological polar surface area (TPSA) is 17.1 Å². The van der Waals surface area contributed by atoms with E-state index in [2.05, 4.69) is 31.4 Å². The van der Waals surface area contributed by atoms with Crippen LogP contribution in [-0.2, 0) is 0 Å². The molecule has 2 aromatic rings. The average Bonchev–Trinajstić information content (AvgIpc) is 2.87. The van der Waals surface area contributed by atoms with E-state index < -0.39 is 0 Å². The molecule has 2 rings (SSSR count). The molecule has 1 nitrogen and oxygen atoms in total. The van der Waals surface area contributed by atoms with Gasteiger partial charge in [-0.25, -0.2) is 0 Å². The van der Waals surface area contributed by atoms with E-state index >= 15 is 0 Å². The molecule has 0 aliphatic heterocycles. The Kier molecular flexibility index (Phi) is 4.54. The molecule has 1 atom stereocenters. The maximum Gasteiger partial charge on any atom is 0.167 e. The molecule has 1 aromatic carbocycles. The number of carbonyl (C=O) groups excluding carboxylic acids is 1. The van der Waals surface area contributed by atoms with Gasteiger partial charge in [-0.15, -0.1) is 11.3 Å². The summed E-state index contributed by atoms with van der Waals surface area (Å²) in [7, 11) is 0. The minimum atomic E-state index is 0.192. The first-order chi connectivity index (χ1) is 8.77. The first kappa shape index (κ1) is 13.3. The van der Waals surface area contributed by atoms with Gasteiger partial charge in [-0.2, -0.15) is 0 Å². The van der Waals surface area contributed by atoms with Crippen molar-refractivity contribution in [3.05, 3.63) is 35.2 Å². The van der Waals surface area contributed by atoms with Crippen LogP contribution in [0, 0.1) is 5.92 Å². The number of carbonyl (C=O) groups is 1. The predicted octanol–water partition coefficient (Wildman–Crippen LogP) is 5.30.